The summed E-state index contributed by atoms with van der Waals surface area (Å²) < 4.78 is 12.9. The highest BCUT2D eigenvalue weighted by molar-refractivity contribution is 5.95. The maximum Gasteiger partial charge on any atom is 0.399 e. The largest absolute Gasteiger partial charge is 0.399 e. The summed E-state index contributed by atoms with van der Waals surface area (Å²) in [5, 5.41) is 10.2. The average Bonchev–Trinajstić information content (AvgIpc) is 2.15. The summed E-state index contributed by atoms with van der Waals surface area (Å²) in [6.07, 6.45) is 1.21. The molecule has 0 spiro atoms. The number of carbonyl (C=O) groups is 1. The van der Waals surface area contributed by atoms with Gasteiger partial charge in [0.2, 0.25) is 5.82 Å². The number of Topliss-reactive ketones (excluding diaryl/α,β-unsaturated/α-hetero) is 1. The first-order valence-corrected chi connectivity index (χ1v) is 3.89. The van der Waals surface area contributed by atoms with Crippen LogP contribution in [0.5, 0.6) is 0 Å². The number of hydrogen-bond donors (Lipinski definition) is 0. The Hall–Kier alpha value is -1.85. The van der Waals surface area contributed by atoms with Gasteiger partial charge >= 0.3 is 5.82 Å². The van der Waals surface area contributed by atoms with E-state index >= 15 is 0 Å². The van der Waals surface area contributed by atoms with Crippen molar-refractivity contribution in [3.05, 3.63) is 33.8 Å². The van der Waals surface area contributed by atoms with Gasteiger partial charge < -0.3 is 10.1 Å². The van der Waals surface area contributed by atoms with Gasteiger partial charge in [0, 0.05) is 6.42 Å². The molecule has 6 heteroatoms. The summed E-state index contributed by atoms with van der Waals surface area (Å²) in [5.74, 6) is -2.25. The van der Waals surface area contributed by atoms with Crippen molar-refractivity contribution in [3.8, 4) is 0 Å². The van der Waals surface area contributed by atoms with Gasteiger partial charge in [-0.1, -0.05) is 6.92 Å². The number of nitro groups is 1. The molecule has 0 aliphatic rings. The number of aromatic nitrogens is 1. The van der Waals surface area contributed by atoms with Gasteiger partial charge in [0.05, 0.1) is 5.56 Å². The topological polar surface area (TPSA) is 73.1 Å². The Labute approximate surface area is 78.7 Å². The van der Waals surface area contributed by atoms with Crippen molar-refractivity contribution >= 4 is 11.6 Å². The van der Waals surface area contributed by atoms with Gasteiger partial charge in [-0.2, -0.15) is 4.39 Å². The molecule has 0 aliphatic heterocycles. The number of nitrogens with zero attached hydrogens (tertiary/aromatic N) is 2. The van der Waals surface area contributed by atoms with E-state index in [0.717, 1.165) is 12.3 Å². The Morgan fingerprint density at radius 2 is 2.36 bits per heavy atom. The van der Waals surface area contributed by atoms with E-state index in [2.05, 4.69) is 4.98 Å². The molecule has 1 aromatic rings. The van der Waals surface area contributed by atoms with Crippen molar-refractivity contribution in [1.29, 1.82) is 0 Å². The van der Waals surface area contributed by atoms with E-state index in [0.29, 0.717) is 0 Å². The molecule has 0 N–H and O–H groups in total. The van der Waals surface area contributed by atoms with Crippen molar-refractivity contribution in [2.24, 2.45) is 0 Å². The second kappa shape index (κ2) is 3.91. The van der Waals surface area contributed by atoms with Crippen molar-refractivity contribution in [2.45, 2.75) is 13.3 Å². The van der Waals surface area contributed by atoms with Crippen LogP contribution in [0.25, 0.3) is 0 Å². The Balaban J connectivity index is 3.12. The van der Waals surface area contributed by atoms with Gasteiger partial charge in [0.15, 0.2) is 12.0 Å². The summed E-state index contributed by atoms with van der Waals surface area (Å²) in [5.41, 5.74) is 0.0515. The van der Waals surface area contributed by atoms with E-state index in [-0.39, 0.29) is 17.8 Å². The van der Waals surface area contributed by atoms with Crippen LogP contribution in [0.15, 0.2) is 12.3 Å². The Morgan fingerprint density at radius 1 is 1.71 bits per heavy atom. The number of hydrogen-bond acceptors (Lipinski definition) is 4. The third-order valence-corrected chi connectivity index (χ3v) is 1.64. The lowest BCUT2D eigenvalue weighted by atomic mass is 10.1. The first-order chi connectivity index (χ1) is 6.56. The molecule has 1 rings (SSSR count). The fourth-order valence-electron chi connectivity index (χ4n) is 0.922. The zero-order valence-electron chi connectivity index (χ0n) is 7.36. The monoisotopic (exact) mass is 198 g/mol. The van der Waals surface area contributed by atoms with Crippen LogP contribution >= 0.6 is 0 Å². The predicted octanol–water partition coefficient (Wildman–Crippen LogP) is 1.72. The van der Waals surface area contributed by atoms with E-state index in [1.165, 1.54) is 0 Å². The van der Waals surface area contributed by atoms with Crippen LogP contribution in [-0.4, -0.2) is 15.7 Å². The average molecular weight is 198 g/mol. The normalized spacial score (nSPS) is 9.86. The zero-order chi connectivity index (χ0) is 10.7. The molecule has 0 aliphatic carbocycles. The summed E-state index contributed by atoms with van der Waals surface area (Å²) in [4.78, 5) is 23.6. The molecule has 0 saturated heterocycles. The van der Waals surface area contributed by atoms with Crippen LogP contribution in [0, 0.1) is 15.9 Å². The van der Waals surface area contributed by atoms with Crippen molar-refractivity contribution in [2.75, 3.05) is 0 Å². The lowest BCUT2D eigenvalue weighted by molar-refractivity contribution is -0.392. The second-order valence-corrected chi connectivity index (χ2v) is 2.56. The molecule has 0 atom stereocenters. The minimum Gasteiger partial charge on any atom is -0.358 e. The van der Waals surface area contributed by atoms with E-state index in [1.807, 2.05) is 0 Å². The van der Waals surface area contributed by atoms with Crippen LogP contribution in [0.2, 0.25) is 0 Å². The third-order valence-electron chi connectivity index (χ3n) is 1.64. The molecule has 0 aromatic carbocycles. The van der Waals surface area contributed by atoms with Crippen LogP contribution in [0.3, 0.4) is 0 Å². The summed E-state index contributed by atoms with van der Waals surface area (Å²) >= 11 is 0. The van der Waals surface area contributed by atoms with Crippen molar-refractivity contribution in [1.82, 2.24) is 4.98 Å². The summed E-state index contributed by atoms with van der Waals surface area (Å²) in [7, 11) is 0. The van der Waals surface area contributed by atoms with E-state index in [9.17, 15) is 19.3 Å². The molecule has 1 aromatic heterocycles. The van der Waals surface area contributed by atoms with Gasteiger partial charge in [0.1, 0.15) is 0 Å². The maximum atomic E-state index is 12.9. The number of ketones is 1. The molecule has 0 bridgehead atoms. The fraction of sp³-hybridized carbons (Fsp3) is 0.250. The highest BCUT2D eigenvalue weighted by atomic mass is 19.1. The smallest absolute Gasteiger partial charge is 0.358 e. The quantitative estimate of drug-likeness (QED) is 0.421. The minimum absolute atomic E-state index is 0.0515. The second-order valence-electron chi connectivity index (χ2n) is 2.56. The Morgan fingerprint density at radius 3 is 2.79 bits per heavy atom. The van der Waals surface area contributed by atoms with E-state index in [4.69, 9.17) is 0 Å². The number of halogens is 1. The summed E-state index contributed by atoms with van der Waals surface area (Å²) in [6.45, 7) is 1.61. The van der Waals surface area contributed by atoms with Gasteiger partial charge in [-0.25, -0.2) is 0 Å². The third kappa shape index (κ3) is 1.90. The lowest BCUT2D eigenvalue weighted by Gasteiger charge is -1.96. The predicted molar refractivity (Wildman–Crippen MR) is 45.5 cm³/mol. The number of carbonyl (C=O) groups excluding carboxylic acids is 1. The molecule has 0 unspecified atom stereocenters. The molecule has 5 nitrogen and oxygen atoms in total. The zero-order valence-corrected chi connectivity index (χ0v) is 7.36. The van der Waals surface area contributed by atoms with Crippen molar-refractivity contribution < 1.29 is 14.1 Å². The molecule has 0 saturated carbocycles. The van der Waals surface area contributed by atoms with Crippen molar-refractivity contribution in [3.63, 3.8) is 0 Å². The molecule has 0 fully saturated rings. The van der Waals surface area contributed by atoms with E-state index < -0.39 is 16.6 Å². The SMILES string of the molecule is CCC(=O)c1cnc([N+](=O)[O-])c(F)c1. The van der Waals surface area contributed by atoms with Crippen LogP contribution in [0.1, 0.15) is 23.7 Å². The Bertz CT molecular complexity index is 392. The Kier molecular flexibility index (Phi) is 2.85. The van der Waals surface area contributed by atoms with E-state index in [1.54, 1.807) is 6.92 Å². The van der Waals surface area contributed by atoms with Gasteiger partial charge in [-0.3, -0.25) is 4.79 Å². The first-order valence-electron chi connectivity index (χ1n) is 3.89. The fourth-order valence-corrected chi connectivity index (χ4v) is 0.922. The highest BCUT2D eigenvalue weighted by Crippen LogP contribution is 2.14. The molecule has 74 valence electrons. The standard InChI is InChI=1S/C8H7FN2O3/c1-2-7(12)5-3-6(9)8(10-4-5)11(13)14/h3-4H,2H2,1H3. The number of rotatable bonds is 3. The van der Waals surface area contributed by atoms with Gasteiger partial charge in [-0.05, 0) is 16.0 Å². The molecular weight excluding hydrogens is 191 g/mol. The molecule has 1 heterocycles. The summed E-state index contributed by atoms with van der Waals surface area (Å²) in [6, 6.07) is 0.830. The maximum absolute atomic E-state index is 12.9. The highest BCUT2D eigenvalue weighted by Gasteiger charge is 2.18. The molecule has 14 heavy (non-hydrogen) atoms. The molecule has 0 amide bonds. The van der Waals surface area contributed by atoms with Gasteiger partial charge in [0.25, 0.3) is 0 Å². The number of pyridine rings is 1. The van der Waals surface area contributed by atoms with Crippen LogP contribution < -0.4 is 0 Å². The lowest BCUT2D eigenvalue weighted by Crippen LogP contribution is -2.02. The molecular formula is C8H7FN2O3. The first kappa shape index (κ1) is 10.2. The van der Waals surface area contributed by atoms with Crippen LogP contribution in [-0.2, 0) is 0 Å². The minimum atomic E-state index is -1.09. The molecule has 0 radical (unpaired) electrons. The van der Waals surface area contributed by atoms with Gasteiger partial charge in [-0.15, -0.1) is 0 Å². The van der Waals surface area contributed by atoms with Crippen LogP contribution in [0.4, 0.5) is 10.2 Å².